The van der Waals surface area contributed by atoms with Gasteiger partial charge in [0.15, 0.2) is 5.79 Å². The summed E-state index contributed by atoms with van der Waals surface area (Å²) in [5.74, 6) is 3.23. The van der Waals surface area contributed by atoms with Gasteiger partial charge in [-0.2, -0.15) is 0 Å². The predicted octanol–water partition coefficient (Wildman–Crippen LogP) is 3.90. The lowest BCUT2D eigenvalue weighted by molar-refractivity contribution is -0.273. The van der Waals surface area contributed by atoms with Crippen LogP contribution in [0.5, 0.6) is 0 Å². The fourth-order valence-corrected chi connectivity index (χ4v) is 10.8. The summed E-state index contributed by atoms with van der Waals surface area (Å²) in [5, 5.41) is 21.4. The molecule has 5 heteroatoms. The van der Waals surface area contributed by atoms with Crippen molar-refractivity contribution < 1.29 is 24.4 Å². The van der Waals surface area contributed by atoms with Gasteiger partial charge in [-0.25, -0.2) is 0 Å². The number of aliphatic hydroxyl groups excluding tert-OH is 2. The van der Waals surface area contributed by atoms with Crippen LogP contribution in [0.4, 0.5) is 0 Å². The Morgan fingerprint density at radius 3 is 2.44 bits per heavy atom. The van der Waals surface area contributed by atoms with Gasteiger partial charge in [0.2, 0.25) is 0 Å². The molecule has 0 aromatic rings. The first-order chi connectivity index (χ1) is 15.2. The molecule has 0 unspecified atom stereocenters. The first-order valence-electron chi connectivity index (χ1n) is 13.5. The van der Waals surface area contributed by atoms with Crippen molar-refractivity contribution in [2.75, 3.05) is 6.61 Å². The molecular formula is C27H42O5. The first kappa shape index (κ1) is 21.1. The van der Waals surface area contributed by atoms with E-state index >= 15 is 0 Å². The monoisotopic (exact) mass is 446 g/mol. The zero-order valence-electron chi connectivity index (χ0n) is 20.3. The highest BCUT2D eigenvalue weighted by Crippen LogP contribution is 2.75. The molecule has 32 heavy (non-hydrogen) atoms. The van der Waals surface area contributed by atoms with Crippen molar-refractivity contribution in [2.45, 2.75) is 115 Å². The third-order valence-electron chi connectivity index (χ3n) is 12.4. The van der Waals surface area contributed by atoms with E-state index < -0.39 is 17.8 Å². The summed E-state index contributed by atoms with van der Waals surface area (Å²) in [6.07, 6.45) is 7.70. The molecule has 3 saturated heterocycles. The third-order valence-corrected chi connectivity index (χ3v) is 12.4. The van der Waals surface area contributed by atoms with Crippen LogP contribution in [-0.2, 0) is 14.2 Å². The Balaban J connectivity index is 1.19. The molecule has 4 aliphatic carbocycles. The fourth-order valence-electron chi connectivity index (χ4n) is 10.8. The lowest BCUT2D eigenvalue weighted by atomic mass is 9.43. The highest BCUT2D eigenvalue weighted by Gasteiger charge is 2.80. The van der Waals surface area contributed by atoms with E-state index in [1.54, 1.807) is 0 Å². The standard InChI is InChI=1S/C27H42O5/c1-14-5-10-26(30-13-14)15(2)22-20(31-26)12-18-16-11-21-27(32-21)23(29)19(28)7-9-25(27,4)17(16)6-8-24(18,22)3/h14-23,28-29H,5-13H2,1-4H3/t14-,15+,16-,17+,18+,19+,20+,21+,22+,23+,24+,25-,26-,27-/m1/s1. The van der Waals surface area contributed by atoms with Crippen molar-refractivity contribution in [2.24, 2.45) is 46.3 Å². The minimum absolute atomic E-state index is 0.0193. The SMILES string of the molecule is C[C@@H]1CC[C@@]2(OC1)O[C@H]1C[C@H]3[C@@H]4C[C@@H]5O[C@@]56[C@@H](O)[C@@H](O)CC[C@]6(C)[C@H]4CC[C@]3(C)[C@H]1[C@@H]2C. The van der Waals surface area contributed by atoms with Crippen LogP contribution in [0.25, 0.3) is 0 Å². The highest BCUT2D eigenvalue weighted by molar-refractivity contribution is 5.28. The van der Waals surface area contributed by atoms with Crippen molar-refractivity contribution >= 4 is 0 Å². The second kappa shape index (κ2) is 6.32. The largest absolute Gasteiger partial charge is 0.390 e. The quantitative estimate of drug-likeness (QED) is 0.552. The number of hydrogen-bond acceptors (Lipinski definition) is 5. The normalized spacial score (nSPS) is 67.3. The molecule has 0 aromatic heterocycles. The average Bonchev–Trinajstić information content (AvgIpc) is 3.34. The number of hydrogen-bond donors (Lipinski definition) is 2. The molecule has 180 valence electrons. The van der Waals surface area contributed by atoms with Gasteiger partial charge >= 0.3 is 0 Å². The summed E-state index contributed by atoms with van der Waals surface area (Å²) in [5.41, 5.74) is -0.206. The Hall–Kier alpha value is -0.200. The van der Waals surface area contributed by atoms with Gasteiger partial charge in [0.1, 0.15) is 11.7 Å². The fraction of sp³-hybridized carbons (Fsp3) is 1.00. The molecule has 0 radical (unpaired) electrons. The van der Waals surface area contributed by atoms with Crippen molar-refractivity contribution in [3.05, 3.63) is 0 Å². The molecule has 0 bridgehead atoms. The van der Waals surface area contributed by atoms with E-state index in [4.69, 9.17) is 14.2 Å². The van der Waals surface area contributed by atoms with Crippen LogP contribution in [0.15, 0.2) is 0 Å². The number of aliphatic hydroxyl groups is 2. The van der Waals surface area contributed by atoms with Crippen LogP contribution in [0, 0.1) is 46.3 Å². The van der Waals surface area contributed by atoms with Gasteiger partial charge in [0, 0.05) is 17.8 Å². The molecule has 14 atom stereocenters. The summed E-state index contributed by atoms with van der Waals surface area (Å²) in [6.45, 7) is 10.5. The maximum Gasteiger partial charge on any atom is 0.171 e. The zero-order chi connectivity index (χ0) is 22.3. The number of epoxide rings is 1. The maximum atomic E-state index is 11.0. The van der Waals surface area contributed by atoms with E-state index in [1.165, 1.54) is 19.3 Å². The molecule has 7 aliphatic rings. The second-order valence-electron chi connectivity index (χ2n) is 13.5. The van der Waals surface area contributed by atoms with Crippen molar-refractivity contribution in [1.82, 2.24) is 0 Å². The Morgan fingerprint density at radius 2 is 1.69 bits per heavy atom. The zero-order valence-corrected chi connectivity index (χ0v) is 20.3. The van der Waals surface area contributed by atoms with E-state index in [-0.39, 0.29) is 17.3 Å². The molecule has 0 aromatic carbocycles. The first-order valence-corrected chi connectivity index (χ1v) is 13.5. The van der Waals surface area contributed by atoms with Crippen molar-refractivity contribution in [3.63, 3.8) is 0 Å². The molecule has 3 heterocycles. The Labute approximate surface area is 192 Å². The van der Waals surface area contributed by atoms with Gasteiger partial charge in [-0.3, -0.25) is 0 Å². The predicted molar refractivity (Wildman–Crippen MR) is 119 cm³/mol. The van der Waals surface area contributed by atoms with Gasteiger partial charge < -0.3 is 24.4 Å². The molecule has 2 N–H and O–H groups in total. The summed E-state index contributed by atoms with van der Waals surface area (Å²) in [4.78, 5) is 0. The van der Waals surface area contributed by atoms with E-state index in [9.17, 15) is 10.2 Å². The van der Waals surface area contributed by atoms with Gasteiger partial charge in [0.05, 0.1) is 24.9 Å². The van der Waals surface area contributed by atoms with E-state index in [0.717, 1.165) is 32.3 Å². The molecule has 0 amide bonds. The van der Waals surface area contributed by atoms with E-state index in [1.807, 2.05) is 0 Å². The number of ether oxygens (including phenoxy) is 3. The Morgan fingerprint density at radius 1 is 0.875 bits per heavy atom. The molecule has 2 spiro atoms. The van der Waals surface area contributed by atoms with Crippen LogP contribution < -0.4 is 0 Å². The van der Waals surface area contributed by atoms with Crippen LogP contribution in [0.3, 0.4) is 0 Å². The lowest BCUT2D eigenvalue weighted by Crippen LogP contribution is -2.64. The molecule has 3 aliphatic heterocycles. The van der Waals surface area contributed by atoms with E-state index in [0.29, 0.717) is 53.4 Å². The average molecular weight is 447 g/mol. The van der Waals surface area contributed by atoms with Crippen molar-refractivity contribution in [3.8, 4) is 0 Å². The van der Waals surface area contributed by atoms with Gasteiger partial charge in [0.25, 0.3) is 0 Å². The van der Waals surface area contributed by atoms with Gasteiger partial charge in [-0.15, -0.1) is 0 Å². The van der Waals surface area contributed by atoms with Gasteiger partial charge in [-0.1, -0.05) is 27.7 Å². The molecule has 5 nitrogen and oxygen atoms in total. The van der Waals surface area contributed by atoms with Crippen LogP contribution in [0.2, 0.25) is 0 Å². The second-order valence-corrected chi connectivity index (χ2v) is 13.5. The molecule has 7 rings (SSSR count). The Bertz CT molecular complexity index is 808. The van der Waals surface area contributed by atoms with Gasteiger partial charge in [-0.05, 0) is 80.0 Å². The minimum atomic E-state index is -0.725. The maximum absolute atomic E-state index is 11.0. The summed E-state index contributed by atoms with van der Waals surface area (Å²) >= 11 is 0. The minimum Gasteiger partial charge on any atom is -0.390 e. The topological polar surface area (TPSA) is 71.5 Å². The van der Waals surface area contributed by atoms with Crippen molar-refractivity contribution in [1.29, 1.82) is 0 Å². The Kier molecular flexibility index (Phi) is 4.17. The van der Waals surface area contributed by atoms with Crippen LogP contribution in [0.1, 0.15) is 79.1 Å². The van der Waals surface area contributed by atoms with E-state index in [2.05, 4.69) is 27.7 Å². The molecule has 7 fully saturated rings. The van der Waals surface area contributed by atoms with Crippen LogP contribution >= 0.6 is 0 Å². The molecular weight excluding hydrogens is 404 g/mol. The highest BCUT2D eigenvalue weighted by atomic mass is 16.7. The van der Waals surface area contributed by atoms with Crippen LogP contribution in [-0.4, -0.2) is 52.6 Å². The molecule has 4 saturated carbocycles. The summed E-state index contributed by atoms with van der Waals surface area (Å²) < 4.78 is 19.7. The number of rotatable bonds is 0. The number of fused-ring (bicyclic) bond motifs is 6. The summed E-state index contributed by atoms with van der Waals surface area (Å²) in [7, 11) is 0. The lowest BCUT2D eigenvalue weighted by Gasteiger charge is -2.60. The summed E-state index contributed by atoms with van der Waals surface area (Å²) in [6, 6.07) is 0. The smallest absolute Gasteiger partial charge is 0.171 e. The third kappa shape index (κ3) is 2.25.